The fourth-order valence-electron chi connectivity index (χ4n) is 5.74. The van der Waals surface area contributed by atoms with Gasteiger partial charge in [0, 0.05) is 45.3 Å². The van der Waals surface area contributed by atoms with Crippen LogP contribution in [0.25, 0.3) is 0 Å². The molecular formula is C23H41N3O4. The first-order chi connectivity index (χ1) is 14.6. The number of likely N-dealkylation sites (N-methyl/N-ethyl adjacent to an activating group) is 1. The largest absolute Gasteiger partial charge is 0.389 e. The van der Waals surface area contributed by atoms with Gasteiger partial charge in [-0.25, -0.2) is 0 Å². The Morgan fingerprint density at radius 2 is 1.77 bits per heavy atom. The van der Waals surface area contributed by atoms with Crippen LogP contribution in [-0.2, 0) is 14.3 Å². The van der Waals surface area contributed by atoms with E-state index >= 15 is 0 Å². The molecule has 1 amide bonds. The van der Waals surface area contributed by atoms with Crippen molar-refractivity contribution >= 4 is 5.91 Å². The molecule has 1 N–H and O–H groups in total. The summed E-state index contributed by atoms with van der Waals surface area (Å²) in [4.78, 5) is 19.5. The van der Waals surface area contributed by atoms with Crippen molar-refractivity contribution in [3.63, 3.8) is 0 Å². The second kappa shape index (κ2) is 10.7. The molecule has 0 aromatic heterocycles. The van der Waals surface area contributed by atoms with Gasteiger partial charge < -0.3 is 24.4 Å². The Hall–Kier alpha value is -0.730. The van der Waals surface area contributed by atoms with E-state index in [1.807, 2.05) is 4.90 Å². The molecule has 30 heavy (non-hydrogen) atoms. The lowest BCUT2D eigenvalue weighted by Gasteiger charge is -2.46. The Balaban J connectivity index is 1.33. The molecule has 3 heterocycles. The second-order valence-electron chi connectivity index (χ2n) is 9.98. The molecule has 4 aliphatic rings. The van der Waals surface area contributed by atoms with Gasteiger partial charge in [0.05, 0.1) is 37.9 Å². The number of hydrogen-bond donors (Lipinski definition) is 1. The monoisotopic (exact) mass is 423 g/mol. The lowest BCUT2D eigenvalue weighted by atomic mass is 9.87. The number of aliphatic hydroxyl groups excluding tert-OH is 1. The number of rotatable bonds is 4. The highest BCUT2D eigenvalue weighted by Gasteiger charge is 2.39. The summed E-state index contributed by atoms with van der Waals surface area (Å²) in [6.07, 6.45) is 8.65. The Kier molecular flexibility index (Phi) is 8.03. The smallest absolute Gasteiger partial charge is 0.225 e. The van der Waals surface area contributed by atoms with Gasteiger partial charge in [-0.2, -0.15) is 0 Å². The van der Waals surface area contributed by atoms with Crippen molar-refractivity contribution in [1.29, 1.82) is 0 Å². The third kappa shape index (κ3) is 5.94. The number of carbonyl (C=O) groups excluding carboxylic acids is 1. The SMILES string of the molecule is CN1CCN(C(=O)C[C@@H]2CC[C@@H]3[C@H](COC[C@H](O)CN3CC3CCCCC3)O2)CC1. The Morgan fingerprint density at radius 3 is 2.53 bits per heavy atom. The van der Waals surface area contributed by atoms with Gasteiger partial charge in [0.25, 0.3) is 0 Å². The first-order valence-electron chi connectivity index (χ1n) is 12.2. The van der Waals surface area contributed by atoms with Gasteiger partial charge in [-0.05, 0) is 38.6 Å². The average molecular weight is 424 g/mol. The fourth-order valence-corrected chi connectivity index (χ4v) is 5.74. The minimum Gasteiger partial charge on any atom is -0.389 e. The van der Waals surface area contributed by atoms with Gasteiger partial charge >= 0.3 is 0 Å². The maximum Gasteiger partial charge on any atom is 0.225 e. The van der Waals surface area contributed by atoms with Crippen LogP contribution in [0.15, 0.2) is 0 Å². The topological polar surface area (TPSA) is 65.5 Å². The van der Waals surface area contributed by atoms with Crippen molar-refractivity contribution in [3.8, 4) is 0 Å². The lowest BCUT2D eigenvalue weighted by molar-refractivity contribution is -0.162. The molecule has 3 aliphatic heterocycles. The van der Waals surface area contributed by atoms with E-state index in [0.29, 0.717) is 26.2 Å². The molecule has 1 saturated carbocycles. The van der Waals surface area contributed by atoms with Crippen LogP contribution in [0, 0.1) is 5.92 Å². The normalized spacial score (nSPS) is 35.5. The zero-order chi connectivity index (χ0) is 20.9. The lowest BCUT2D eigenvalue weighted by Crippen LogP contribution is -2.57. The molecule has 0 bridgehead atoms. The number of carbonyl (C=O) groups is 1. The molecule has 3 saturated heterocycles. The van der Waals surface area contributed by atoms with E-state index in [2.05, 4.69) is 16.8 Å². The number of β-amino-alcohol motifs (C(OH)–C–C–N with tert-alkyl or cyclic N) is 1. The highest BCUT2D eigenvalue weighted by Crippen LogP contribution is 2.31. The summed E-state index contributed by atoms with van der Waals surface area (Å²) in [5.41, 5.74) is 0. The third-order valence-corrected chi connectivity index (χ3v) is 7.56. The predicted octanol–water partition coefficient (Wildman–Crippen LogP) is 1.34. The van der Waals surface area contributed by atoms with Gasteiger partial charge in [0.2, 0.25) is 5.91 Å². The maximum absolute atomic E-state index is 12.8. The van der Waals surface area contributed by atoms with Gasteiger partial charge in [0.1, 0.15) is 0 Å². The van der Waals surface area contributed by atoms with Crippen LogP contribution >= 0.6 is 0 Å². The molecule has 0 radical (unpaired) electrons. The fraction of sp³-hybridized carbons (Fsp3) is 0.957. The van der Waals surface area contributed by atoms with E-state index in [0.717, 1.165) is 51.5 Å². The van der Waals surface area contributed by atoms with Crippen molar-refractivity contribution in [2.24, 2.45) is 5.92 Å². The molecular weight excluding hydrogens is 382 g/mol. The Morgan fingerprint density at radius 1 is 1.00 bits per heavy atom. The van der Waals surface area contributed by atoms with Gasteiger partial charge in [-0.1, -0.05) is 19.3 Å². The molecule has 7 nitrogen and oxygen atoms in total. The van der Waals surface area contributed by atoms with Crippen LogP contribution in [0.2, 0.25) is 0 Å². The van der Waals surface area contributed by atoms with Gasteiger partial charge in [-0.15, -0.1) is 0 Å². The van der Waals surface area contributed by atoms with E-state index in [9.17, 15) is 9.90 Å². The van der Waals surface area contributed by atoms with Crippen molar-refractivity contribution in [2.45, 2.75) is 75.7 Å². The van der Waals surface area contributed by atoms with Crippen LogP contribution in [0.3, 0.4) is 0 Å². The molecule has 0 aromatic rings. The van der Waals surface area contributed by atoms with Crippen LogP contribution in [0.4, 0.5) is 0 Å². The number of ether oxygens (including phenoxy) is 2. The van der Waals surface area contributed by atoms with Crippen LogP contribution in [0.1, 0.15) is 51.4 Å². The summed E-state index contributed by atoms with van der Waals surface area (Å²) >= 11 is 0. The van der Waals surface area contributed by atoms with E-state index in [4.69, 9.17) is 9.47 Å². The second-order valence-corrected chi connectivity index (χ2v) is 9.98. The number of aliphatic hydroxyl groups is 1. The molecule has 4 fully saturated rings. The molecule has 4 rings (SSSR count). The summed E-state index contributed by atoms with van der Waals surface area (Å²) in [5.74, 6) is 0.969. The maximum atomic E-state index is 12.8. The molecule has 4 atom stereocenters. The summed E-state index contributed by atoms with van der Waals surface area (Å²) in [6.45, 7) is 6.18. The molecule has 172 valence electrons. The average Bonchev–Trinajstić information content (AvgIpc) is 2.74. The highest BCUT2D eigenvalue weighted by molar-refractivity contribution is 5.76. The summed E-state index contributed by atoms with van der Waals surface area (Å²) in [6, 6.07) is 0.289. The number of nitrogens with zero attached hydrogens (tertiary/aromatic N) is 3. The molecule has 0 spiro atoms. The Labute approximate surface area is 181 Å². The van der Waals surface area contributed by atoms with E-state index < -0.39 is 6.10 Å². The van der Waals surface area contributed by atoms with Crippen molar-refractivity contribution in [2.75, 3.05) is 59.5 Å². The van der Waals surface area contributed by atoms with E-state index in [1.165, 1.54) is 32.1 Å². The summed E-state index contributed by atoms with van der Waals surface area (Å²) in [5, 5.41) is 10.4. The van der Waals surface area contributed by atoms with Crippen molar-refractivity contribution in [3.05, 3.63) is 0 Å². The minimum absolute atomic E-state index is 0.000120. The zero-order valence-corrected chi connectivity index (χ0v) is 18.7. The summed E-state index contributed by atoms with van der Waals surface area (Å²) < 4.78 is 12.2. The standard InChI is InChI=1S/C23H41N3O4/c1-24-9-11-25(12-10-24)23(28)13-20-7-8-21-22(30-20)17-29-16-19(27)15-26(21)14-18-5-3-2-4-6-18/h18-22,27H,2-17H2,1H3/t19-,20+,21-,22+/m1/s1. The zero-order valence-electron chi connectivity index (χ0n) is 18.7. The number of piperazine rings is 1. The first-order valence-corrected chi connectivity index (χ1v) is 12.2. The van der Waals surface area contributed by atoms with E-state index in [-0.39, 0.29) is 24.2 Å². The van der Waals surface area contributed by atoms with Gasteiger partial charge in [0.15, 0.2) is 0 Å². The number of hydrogen-bond acceptors (Lipinski definition) is 6. The number of amides is 1. The van der Waals surface area contributed by atoms with Crippen LogP contribution in [-0.4, -0.2) is 110 Å². The first kappa shape index (κ1) is 22.5. The Bertz CT molecular complexity index is 549. The van der Waals surface area contributed by atoms with Crippen LogP contribution in [0.5, 0.6) is 0 Å². The van der Waals surface area contributed by atoms with Gasteiger partial charge in [-0.3, -0.25) is 9.69 Å². The molecule has 1 aliphatic carbocycles. The quantitative estimate of drug-likeness (QED) is 0.736. The minimum atomic E-state index is -0.425. The molecule has 7 heteroatoms. The van der Waals surface area contributed by atoms with E-state index in [1.54, 1.807) is 0 Å². The summed E-state index contributed by atoms with van der Waals surface area (Å²) in [7, 11) is 2.11. The van der Waals surface area contributed by atoms with Crippen molar-refractivity contribution < 1.29 is 19.4 Å². The third-order valence-electron chi connectivity index (χ3n) is 7.56. The number of fused-ring (bicyclic) bond motifs is 1. The molecule has 0 aromatic carbocycles. The highest BCUT2D eigenvalue weighted by atomic mass is 16.5. The van der Waals surface area contributed by atoms with Crippen LogP contribution < -0.4 is 0 Å². The van der Waals surface area contributed by atoms with Crippen molar-refractivity contribution in [1.82, 2.24) is 14.7 Å². The molecule has 0 unspecified atom stereocenters. The predicted molar refractivity (Wildman–Crippen MR) is 115 cm³/mol.